The number of benzene rings is 2. The van der Waals surface area contributed by atoms with E-state index < -0.39 is 35.2 Å². The summed E-state index contributed by atoms with van der Waals surface area (Å²) in [5.74, 6) is -1.48. The second-order valence-corrected chi connectivity index (χ2v) is 12.9. The lowest BCUT2D eigenvalue weighted by atomic mass is 9.86. The second kappa shape index (κ2) is 10.9. The Bertz CT molecular complexity index is 1490. The van der Waals surface area contributed by atoms with E-state index in [2.05, 4.69) is 20.8 Å². The highest BCUT2D eigenvalue weighted by atomic mass is 16.6. The molecule has 2 aliphatic rings. The first-order valence-electron chi connectivity index (χ1n) is 14.3. The highest BCUT2D eigenvalue weighted by Crippen LogP contribution is 2.47. The number of fused-ring (bicyclic) bond motifs is 1. The fourth-order valence-corrected chi connectivity index (χ4v) is 4.63. The topological polar surface area (TPSA) is 93.2 Å². The molecule has 2 aromatic carbocycles. The van der Waals surface area contributed by atoms with Crippen LogP contribution in [0.1, 0.15) is 91.8 Å². The fourth-order valence-electron chi connectivity index (χ4n) is 4.63. The molecular weight excluding hydrogens is 532 g/mol. The number of hydrogen-bond acceptors (Lipinski definition) is 6. The Balaban J connectivity index is 1.99. The average Bonchev–Trinajstić information content (AvgIpc) is 3.40. The molecule has 0 atom stereocenters. The molecule has 4 amide bonds. The van der Waals surface area contributed by atoms with E-state index in [9.17, 15) is 19.2 Å². The first kappa shape index (κ1) is 30.8. The van der Waals surface area contributed by atoms with Gasteiger partial charge in [0.2, 0.25) is 0 Å². The number of rotatable bonds is 6. The maximum Gasteiger partial charge on any atom is 0.422 e. The van der Waals surface area contributed by atoms with Crippen LogP contribution in [0.2, 0.25) is 0 Å². The zero-order chi connectivity index (χ0) is 31.2. The van der Waals surface area contributed by atoms with Gasteiger partial charge in [0, 0.05) is 0 Å². The van der Waals surface area contributed by atoms with Crippen LogP contribution in [0.25, 0.3) is 11.4 Å². The van der Waals surface area contributed by atoms with Gasteiger partial charge >= 0.3 is 12.2 Å². The maximum atomic E-state index is 14.2. The number of nitrogens with zero attached hydrogens (tertiary/aromatic N) is 2. The molecule has 2 heterocycles. The monoisotopic (exact) mass is 572 g/mol. The highest BCUT2D eigenvalue weighted by molar-refractivity contribution is 6.35. The van der Waals surface area contributed by atoms with Crippen molar-refractivity contribution >= 4 is 35.4 Å². The summed E-state index contributed by atoms with van der Waals surface area (Å²) in [6.07, 6.45) is -0.761. The third-order valence-electron chi connectivity index (χ3n) is 7.87. The summed E-state index contributed by atoms with van der Waals surface area (Å²) >= 11 is 0. The van der Waals surface area contributed by atoms with E-state index in [0.29, 0.717) is 24.0 Å². The number of ether oxygens (including phenoxy) is 2. The minimum Gasteiger partial charge on any atom is -0.443 e. The van der Waals surface area contributed by atoms with Crippen molar-refractivity contribution in [3.63, 3.8) is 0 Å². The Morgan fingerprint density at radius 2 is 1.00 bits per heavy atom. The van der Waals surface area contributed by atoms with Crippen LogP contribution in [0.15, 0.2) is 65.7 Å². The van der Waals surface area contributed by atoms with E-state index in [1.165, 1.54) is 0 Å². The van der Waals surface area contributed by atoms with Gasteiger partial charge in [-0.15, -0.1) is 0 Å². The van der Waals surface area contributed by atoms with Crippen LogP contribution >= 0.6 is 0 Å². The van der Waals surface area contributed by atoms with Crippen molar-refractivity contribution in [2.45, 2.75) is 91.8 Å². The van der Waals surface area contributed by atoms with Crippen molar-refractivity contribution < 1.29 is 28.7 Å². The van der Waals surface area contributed by atoms with E-state index in [-0.39, 0.29) is 28.0 Å². The molecular formula is C34H40N2O6. The zero-order valence-corrected chi connectivity index (χ0v) is 26.0. The van der Waals surface area contributed by atoms with Crippen LogP contribution < -0.4 is 0 Å². The van der Waals surface area contributed by atoms with Crippen LogP contribution in [0.3, 0.4) is 0 Å². The summed E-state index contributed by atoms with van der Waals surface area (Å²) in [5, 5.41) is 0. The van der Waals surface area contributed by atoms with Gasteiger partial charge in [0.1, 0.15) is 11.2 Å². The van der Waals surface area contributed by atoms with E-state index in [4.69, 9.17) is 9.47 Å². The van der Waals surface area contributed by atoms with Crippen LogP contribution in [-0.4, -0.2) is 45.0 Å². The summed E-state index contributed by atoms with van der Waals surface area (Å²) in [6, 6.07) is 16.1. The first-order chi connectivity index (χ1) is 19.5. The third-order valence-corrected chi connectivity index (χ3v) is 7.87. The summed E-state index contributed by atoms with van der Waals surface area (Å²) in [6.45, 7) is 17.0. The van der Waals surface area contributed by atoms with E-state index in [0.717, 1.165) is 15.4 Å². The van der Waals surface area contributed by atoms with Gasteiger partial charge in [0.05, 0.1) is 22.5 Å². The minimum absolute atomic E-state index is 0.0418. The lowest BCUT2D eigenvalue weighted by Gasteiger charge is -2.29. The number of imide groups is 2. The van der Waals surface area contributed by atoms with Crippen molar-refractivity contribution in [3.8, 4) is 0 Å². The molecule has 0 unspecified atom stereocenters. The fraction of sp³-hybridized carbons (Fsp3) is 0.412. The van der Waals surface area contributed by atoms with Crippen molar-refractivity contribution in [1.29, 1.82) is 0 Å². The SMILES string of the molecule is CCC(C)(C)OC(=O)N1C(=O)C2=C(c3ccc(C(C)(C)C)cc3)N(C(=O)OC(C)(C)CC)C(=O)C2=C1c1ccccc1. The van der Waals surface area contributed by atoms with Gasteiger partial charge in [-0.2, -0.15) is 0 Å². The predicted molar refractivity (Wildman–Crippen MR) is 161 cm³/mol. The van der Waals surface area contributed by atoms with Crippen molar-refractivity contribution in [2.75, 3.05) is 0 Å². The smallest absolute Gasteiger partial charge is 0.422 e. The molecule has 0 saturated heterocycles. The number of amides is 4. The number of hydrogen-bond donors (Lipinski definition) is 0. The Morgan fingerprint density at radius 1 is 0.619 bits per heavy atom. The first-order valence-corrected chi connectivity index (χ1v) is 14.3. The predicted octanol–water partition coefficient (Wildman–Crippen LogP) is 7.44. The molecule has 2 aromatic rings. The molecule has 0 aliphatic carbocycles. The quantitative estimate of drug-likeness (QED) is 0.357. The lowest BCUT2D eigenvalue weighted by molar-refractivity contribution is -0.124. The summed E-state index contributed by atoms with van der Waals surface area (Å²) in [7, 11) is 0. The number of carbonyl (C=O) groups is 4. The van der Waals surface area contributed by atoms with Gasteiger partial charge < -0.3 is 9.47 Å². The lowest BCUT2D eigenvalue weighted by Crippen LogP contribution is -2.41. The Labute approximate surface area is 248 Å². The van der Waals surface area contributed by atoms with Crippen molar-refractivity contribution in [2.24, 2.45) is 0 Å². The summed E-state index contributed by atoms with van der Waals surface area (Å²) < 4.78 is 11.5. The Morgan fingerprint density at radius 3 is 1.36 bits per heavy atom. The molecule has 0 N–H and O–H groups in total. The molecule has 8 nitrogen and oxygen atoms in total. The van der Waals surface area contributed by atoms with E-state index >= 15 is 0 Å². The highest BCUT2D eigenvalue weighted by Gasteiger charge is 2.54. The molecule has 42 heavy (non-hydrogen) atoms. The molecule has 0 fully saturated rings. The van der Waals surface area contributed by atoms with Gasteiger partial charge in [0.15, 0.2) is 0 Å². The normalized spacial score (nSPS) is 15.9. The Hall–Kier alpha value is -4.20. The second-order valence-electron chi connectivity index (χ2n) is 12.9. The maximum absolute atomic E-state index is 14.2. The van der Waals surface area contributed by atoms with Crippen LogP contribution in [0.5, 0.6) is 0 Å². The average molecular weight is 573 g/mol. The van der Waals surface area contributed by atoms with Gasteiger partial charge in [-0.05, 0) is 62.6 Å². The van der Waals surface area contributed by atoms with Crippen LogP contribution in [-0.2, 0) is 24.5 Å². The molecule has 2 aliphatic heterocycles. The van der Waals surface area contributed by atoms with Crippen molar-refractivity contribution in [3.05, 3.63) is 82.4 Å². The minimum atomic E-state index is -0.892. The standard InChI is InChI=1S/C34H40N2O6/c1-10-33(6,7)41-30(39)35-26(21-15-13-12-14-16-21)24-25(29(35)38)27(22-17-19-23(20-18-22)32(3,4)5)36(28(24)37)31(40)42-34(8,9)11-2/h12-20H,10-11H2,1-9H3. The molecule has 0 radical (unpaired) electrons. The molecule has 8 heteroatoms. The molecule has 0 saturated carbocycles. The van der Waals surface area contributed by atoms with Gasteiger partial charge in [-0.1, -0.05) is 89.2 Å². The van der Waals surface area contributed by atoms with Gasteiger partial charge in [-0.3, -0.25) is 9.59 Å². The third kappa shape index (κ3) is 5.62. The molecule has 0 aromatic heterocycles. The summed E-state index contributed by atoms with van der Waals surface area (Å²) in [5.41, 5.74) is 0.177. The molecule has 0 bridgehead atoms. The van der Waals surface area contributed by atoms with Crippen LogP contribution in [0, 0.1) is 0 Å². The van der Waals surface area contributed by atoms with Crippen LogP contribution in [0.4, 0.5) is 9.59 Å². The largest absolute Gasteiger partial charge is 0.443 e. The Kier molecular flexibility index (Phi) is 7.98. The number of carbonyl (C=O) groups excluding carboxylic acids is 4. The van der Waals surface area contributed by atoms with E-state index in [1.807, 2.05) is 26.0 Å². The molecule has 222 valence electrons. The van der Waals surface area contributed by atoms with Gasteiger partial charge in [0.25, 0.3) is 11.8 Å². The van der Waals surface area contributed by atoms with E-state index in [1.54, 1.807) is 70.2 Å². The molecule has 0 spiro atoms. The van der Waals surface area contributed by atoms with Gasteiger partial charge in [-0.25, -0.2) is 19.4 Å². The summed E-state index contributed by atoms with van der Waals surface area (Å²) in [4.78, 5) is 57.6. The molecule has 4 rings (SSSR count). The van der Waals surface area contributed by atoms with Crippen molar-refractivity contribution in [1.82, 2.24) is 9.80 Å². The zero-order valence-electron chi connectivity index (χ0n) is 26.0.